The number of methoxy groups -OCH3 is 1. The molecule has 4 N–H and O–H groups in total. The third-order valence-electron chi connectivity index (χ3n) is 6.32. The van der Waals surface area contributed by atoms with E-state index in [1.54, 1.807) is 31.4 Å². The molecule has 0 aliphatic carbocycles. The molecule has 0 fully saturated rings. The first-order valence-corrected chi connectivity index (χ1v) is 12.6. The van der Waals surface area contributed by atoms with Crippen LogP contribution < -0.4 is 20.1 Å². The zero-order valence-corrected chi connectivity index (χ0v) is 21.4. The summed E-state index contributed by atoms with van der Waals surface area (Å²) in [6.45, 7) is -0.0101. The predicted octanol–water partition coefficient (Wildman–Crippen LogP) is 3.52. The summed E-state index contributed by atoms with van der Waals surface area (Å²) in [4.78, 5) is 28.7. The molecule has 0 spiro atoms. The topological polar surface area (TPSA) is 113 Å². The zero-order valence-electron chi connectivity index (χ0n) is 21.4. The van der Waals surface area contributed by atoms with E-state index in [0.29, 0.717) is 30.6 Å². The zero-order chi connectivity index (χ0) is 26.7. The van der Waals surface area contributed by atoms with Crippen LogP contribution >= 0.6 is 0 Å². The smallest absolute Gasteiger partial charge is 0.258 e. The van der Waals surface area contributed by atoms with E-state index in [0.717, 1.165) is 27.8 Å². The van der Waals surface area contributed by atoms with Crippen LogP contribution in [0.1, 0.15) is 23.1 Å². The number of rotatable bonds is 13. The normalized spacial score (nSPS) is 11.6. The quantitative estimate of drug-likeness (QED) is 0.218. The number of hydrogen-bond acceptors (Lipinski definition) is 5. The van der Waals surface area contributed by atoms with Crippen LogP contribution in [-0.2, 0) is 29.0 Å². The summed E-state index contributed by atoms with van der Waals surface area (Å²) in [7, 11) is 1.62. The lowest BCUT2D eigenvalue weighted by molar-refractivity contribution is -0.125. The van der Waals surface area contributed by atoms with Crippen LogP contribution in [-0.4, -0.2) is 48.2 Å². The number of carbonyl (C=O) groups is 2. The Morgan fingerprint density at radius 2 is 1.79 bits per heavy atom. The average molecular weight is 516 g/mol. The van der Waals surface area contributed by atoms with Gasteiger partial charge in [-0.3, -0.25) is 9.59 Å². The van der Waals surface area contributed by atoms with Gasteiger partial charge in [-0.2, -0.15) is 0 Å². The van der Waals surface area contributed by atoms with Gasteiger partial charge in [0.1, 0.15) is 11.5 Å². The van der Waals surface area contributed by atoms with E-state index >= 15 is 0 Å². The summed E-state index contributed by atoms with van der Waals surface area (Å²) in [6, 6.07) is 22.2. The van der Waals surface area contributed by atoms with E-state index < -0.39 is 0 Å². The third-order valence-corrected chi connectivity index (χ3v) is 6.32. The molecule has 1 aromatic heterocycles. The molecule has 38 heavy (non-hydrogen) atoms. The highest BCUT2D eigenvalue weighted by Crippen LogP contribution is 2.20. The number of carbonyl (C=O) groups excluding carboxylic acids is 2. The first kappa shape index (κ1) is 26.8. The van der Waals surface area contributed by atoms with Gasteiger partial charge in [-0.15, -0.1) is 0 Å². The summed E-state index contributed by atoms with van der Waals surface area (Å²) >= 11 is 0. The van der Waals surface area contributed by atoms with Gasteiger partial charge in [0.25, 0.3) is 5.91 Å². The highest BCUT2D eigenvalue weighted by atomic mass is 16.5. The number of amides is 2. The lowest BCUT2D eigenvalue weighted by Gasteiger charge is -2.20. The second-order valence-electron chi connectivity index (χ2n) is 9.04. The number of nitrogens with one attached hydrogen (secondary N) is 3. The van der Waals surface area contributed by atoms with E-state index in [1.165, 1.54) is 0 Å². The van der Waals surface area contributed by atoms with E-state index in [9.17, 15) is 14.7 Å². The number of aliphatic hydroxyl groups excluding tert-OH is 1. The molecule has 4 rings (SSSR count). The molecule has 1 atom stereocenters. The van der Waals surface area contributed by atoms with Gasteiger partial charge in [-0.05, 0) is 53.8 Å². The van der Waals surface area contributed by atoms with Gasteiger partial charge in [0.15, 0.2) is 6.61 Å². The molecule has 198 valence electrons. The number of benzene rings is 3. The van der Waals surface area contributed by atoms with Gasteiger partial charge < -0.3 is 30.2 Å². The molecule has 4 aromatic rings. The van der Waals surface area contributed by atoms with E-state index in [1.807, 2.05) is 54.7 Å². The maximum absolute atomic E-state index is 12.8. The molecule has 0 bridgehead atoms. The van der Waals surface area contributed by atoms with Crippen LogP contribution in [0.4, 0.5) is 0 Å². The highest BCUT2D eigenvalue weighted by molar-refractivity contribution is 5.83. The van der Waals surface area contributed by atoms with E-state index in [4.69, 9.17) is 9.47 Å². The number of aromatic nitrogens is 1. The van der Waals surface area contributed by atoms with Gasteiger partial charge in [-0.1, -0.05) is 48.5 Å². The van der Waals surface area contributed by atoms with Crippen LogP contribution in [0, 0.1) is 0 Å². The van der Waals surface area contributed by atoms with Crippen molar-refractivity contribution >= 4 is 22.7 Å². The molecule has 8 nitrogen and oxygen atoms in total. The van der Waals surface area contributed by atoms with Crippen molar-refractivity contribution in [3.8, 4) is 11.5 Å². The minimum absolute atomic E-state index is 0.104. The van der Waals surface area contributed by atoms with Crippen LogP contribution in [0.15, 0.2) is 79.0 Å². The fraction of sp³-hybridized carbons (Fsp3) is 0.267. The van der Waals surface area contributed by atoms with Gasteiger partial charge in [0, 0.05) is 30.1 Å². The number of aryl methyl sites for hydroxylation is 1. The van der Waals surface area contributed by atoms with Crippen LogP contribution in [0.25, 0.3) is 10.9 Å². The van der Waals surface area contributed by atoms with Crippen molar-refractivity contribution < 1.29 is 24.2 Å². The fourth-order valence-electron chi connectivity index (χ4n) is 4.38. The molecule has 3 aromatic carbocycles. The largest absolute Gasteiger partial charge is 0.496 e. The maximum atomic E-state index is 12.8. The number of hydrogen-bond donors (Lipinski definition) is 4. The first-order valence-electron chi connectivity index (χ1n) is 12.6. The van der Waals surface area contributed by atoms with Crippen molar-refractivity contribution in [3.63, 3.8) is 0 Å². The third kappa shape index (κ3) is 7.36. The Bertz CT molecular complexity index is 1370. The van der Waals surface area contributed by atoms with Crippen molar-refractivity contribution in [1.82, 2.24) is 15.6 Å². The van der Waals surface area contributed by atoms with Gasteiger partial charge in [0.2, 0.25) is 5.91 Å². The predicted molar refractivity (Wildman–Crippen MR) is 146 cm³/mol. The molecule has 0 saturated carbocycles. The number of H-pyrrole nitrogens is 1. The summed E-state index contributed by atoms with van der Waals surface area (Å²) in [5, 5.41) is 16.4. The maximum Gasteiger partial charge on any atom is 0.258 e. The summed E-state index contributed by atoms with van der Waals surface area (Å²) in [5.41, 5.74) is 3.73. The minimum atomic E-state index is -0.343. The second kappa shape index (κ2) is 13.3. The van der Waals surface area contributed by atoms with Crippen molar-refractivity contribution in [3.05, 3.63) is 95.7 Å². The molecule has 0 saturated heterocycles. The number of aliphatic hydroxyl groups is 1. The Labute approximate surface area is 222 Å². The van der Waals surface area contributed by atoms with E-state index in [-0.39, 0.29) is 37.6 Å². The minimum Gasteiger partial charge on any atom is -0.496 e. The molecule has 1 unspecified atom stereocenters. The lowest BCUT2D eigenvalue weighted by Crippen LogP contribution is -2.46. The number of para-hydroxylation sites is 2. The number of aromatic amines is 1. The van der Waals surface area contributed by atoms with Crippen molar-refractivity contribution in [2.75, 3.05) is 20.3 Å². The second-order valence-corrected chi connectivity index (χ2v) is 9.04. The van der Waals surface area contributed by atoms with E-state index in [2.05, 4.69) is 15.6 Å². The highest BCUT2D eigenvalue weighted by Gasteiger charge is 2.17. The number of fused-ring (bicyclic) bond motifs is 1. The monoisotopic (exact) mass is 515 g/mol. The first-order chi connectivity index (χ1) is 18.6. The summed E-state index contributed by atoms with van der Waals surface area (Å²) in [6.07, 6.45) is 3.32. The molecule has 1 heterocycles. The lowest BCUT2D eigenvalue weighted by atomic mass is 10.0. The Hall–Kier alpha value is -4.30. The molecule has 0 aliphatic rings. The summed E-state index contributed by atoms with van der Waals surface area (Å²) < 4.78 is 11.0. The Kier molecular flexibility index (Phi) is 9.37. The van der Waals surface area contributed by atoms with Crippen molar-refractivity contribution in [2.45, 2.75) is 31.9 Å². The molecular weight excluding hydrogens is 482 g/mol. The Morgan fingerprint density at radius 1 is 0.974 bits per heavy atom. The van der Waals surface area contributed by atoms with Gasteiger partial charge in [-0.25, -0.2) is 0 Å². The van der Waals surface area contributed by atoms with Gasteiger partial charge >= 0.3 is 0 Å². The number of ether oxygens (including phenoxy) is 2. The van der Waals surface area contributed by atoms with Crippen molar-refractivity contribution in [2.24, 2.45) is 0 Å². The molecule has 0 aliphatic heterocycles. The van der Waals surface area contributed by atoms with Crippen LogP contribution in [0.2, 0.25) is 0 Å². The Balaban J connectivity index is 1.37. The van der Waals surface area contributed by atoms with Crippen molar-refractivity contribution in [1.29, 1.82) is 0 Å². The molecule has 0 radical (unpaired) electrons. The fourth-order valence-corrected chi connectivity index (χ4v) is 4.38. The average Bonchev–Trinajstić information content (AvgIpc) is 3.36. The van der Waals surface area contributed by atoms with Crippen LogP contribution in [0.3, 0.4) is 0 Å². The Morgan fingerprint density at radius 3 is 2.63 bits per heavy atom. The molecular formula is C30H33N3O5. The molecule has 8 heteroatoms. The molecule has 2 amide bonds. The standard InChI is InChI=1S/C30H33N3O5/c1-37-28-12-5-2-8-22(28)13-14-29(35)32-18-24(16-23-17-31-27-11-4-3-10-26(23)27)33-30(36)20-38-25-9-6-7-21(15-25)19-34/h2-12,15,17,24,31,34H,13-14,16,18-20H2,1H3,(H,32,35)(H,33,36). The van der Waals surface area contributed by atoms with Gasteiger partial charge in [0.05, 0.1) is 19.8 Å². The SMILES string of the molecule is COc1ccccc1CCC(=O)NCC(Cc1c[nH]c2ccccc12)NC(=O)COc1cccc(CO)c1. The van der Waals surface area contributed by atoms with Crippen LogP contribution in [0.5, 0.6) is 11.5 Å². The summed E-state index contributed by atoms with van der Waals surface area (Å²) in [5.74, 6) is 0.859.